The van der Waals surface area contributed by atoms with Crippen LogP contribution in [0.15, 0.2) is 24.3 Å². The number of rotatable bonds is 5. The van der Waals surface area contributed by atoms with E-state index >= 15 is 0 Å². The van der Waals surface area contributed by atoms with Crippen molar-refractivity contribution in [1.82, 2.24) is 0 Å². The molecule has 0 radical (unpaired) electrons. The average Bonchev–Trinajstić information content (AvgIpc) is 2.18. The highest BCUT2D eigenvalue weighted by molar-refractivity contribution is 5.28. The van der Waals surface area contributed by atoms with E-state index in [1.165, 1.54) is 0 Å². The van der Waals surface area contributed by atoms with Crippen molar-refractivity contribution in [3.8, 4) is 5.75 Å². The van der Waals surface area contributed by atoms with Crippen molar-refractivity contribution in [2.45, 2.75) is 18.9 Å². The molecule has 3 heteroatoms. The van der Waals surface area contributed by atoms with Gasteiger partial charge in [-0.05, 0) is 30.5 Å². The first kappa shape index (κ1) is 11.0. The van der Waals surface area contributed by atoms with Crippen molar-refractivity contribution in [1.29, 1.82) is 0 Å². The molecule has 0 aliphatic rings. The van der Waals surface area contributed by atoms with Gasteiger partial charge in [0.2, 0.25) is 0 Å². The van der Waals surface area contributed by atoms with Gasteiger partial charge in [0.15, 0.2) is 0 Å². The van der Waals surface area contributed by atoms with Crippen LogP contribution in [0.5, 0.6) is 5.75 Å². The van der Waals surface area contributed by atoms with Gasteiger partial charge in [0.05, 0.1) is 13.2 Å². The zero-order valence-corrected chi connectivity index (χ0v) is 8.31. The second-order valence-corrected chi connectivity index (χ2v) is 3.22. The lowest BCUT2D eigenvalue weighted by molar-refractivity contribution is 0.133. The van der Waals surface area contributed by atoms with Crippen molar-refractivity contribution < 1.29 is 14.9 Å². The standard InChI is InChI=1S/C11H16O3/c1-14-11-4-2-3-9(8-11)7-10(13)5-6-12/h2-4,8,10,12-13H,5-7H2,1H3/i1+1. The number of ether oxygens (including phenoxy) is 1. The summed E-state index contributed by atoms with van der Waals surface area (Å²) in [6.07, 6.45) is 0.488. The van der Waals surface area contributed by atoms with Crippen LogP contribution in [0.1, 0.15) is 12.0 Å². The van der Waals surface area contributed by atoms with E-state index in [9.17, 15) is 5.11 Å². The van der Waals surface area contributed by atoms with Gasteiger partial charge < -0.3 is 14.9 Å². The highest BCUT2D eigenvalue weighted by Gasteiger charge is 2.05. The average molecular weight is 197 g/mol. The van der Waals surface area contributed by atoms with Crippen molar-refractivity contribution in [3.63, 3.8) is 0 Å². The molecule has 0 spiro atoms. The molecule has 0 bridgehead atoms. The van der Waals surface area contributed by atoms with Gasteiger partial charge in [0, 0.05) is 6.61 Å². The maximum Gasteiger partial charge on any atom is 0.119 e. The molecule has 1 unspecified atom stereocenters. The molecule has 14 heavy (non-hydrogen) atoms. The quantitative estimate of drug-likeness (QED) is 0.692. The fraction of sp³-hybridized carbons (Fsp3) is 0.455. The van der Waals surface area contributed by atoms with E-state index in [2.05, 4.69) is 0 Å². The minimum Gasteiger partial charge on any atom is -0.497 e. The molecule has 2 N–H and O–H groups in total. The van der Waals surface area contributed by atoms with E-state index in [1.807, 2.05) is 24.3 Å². The Kier molecular flexibility index (Phi) is 4.43. The van der Waals surface area contributed by atoms with Crippen LogP contribution >= 0.6 is 0 Å². The number of hydrogen-bond acceptors (Lipinski definition) is 3. The van der Waals surface area contributed by atoms with Gasteiger partial charge in [-0.1, -0.05) is 12.1 Å². The van der Waals surface area contributed by atoms with Crippen molar-refractivity contribution >= 4 is 0 Å². The maximum absolute atomic E-state index is 9.47. The Morgan fingerprint density at radius 1 is 1.43 bits per heavy atom. The largest absolute Gasteiger partial charge is 0.497 e. The van der Waals surface area contributed by atoms with Crippen LogP contribution < -0.4 is 4.74 Å². The summed E-state index contributed by atoms with van der Waals surface area (Å²) >= 11 is 0. The summed E-state index contributed by atoms with van der Waals surface area (Å²) in [4.78, 5) is 0. The van der Waals surface area contributed by atoms with Crippen LogP contribution in [-0.4, -0.2) is 30.0 Å². The number of methoxy groups -OCH3 is 1. The molecule has 1 aromatic rings. The molecule has 78 valence electrons. The maximum atomic E-state index is 9.47. The molecule has 3 nitrogen and oxygen atoms in total. The lowest BCUT2D eigenvalue weighted by Gasteiger charge is -2.09. The van der Waals surface area contributed by atoms with E-state index in [4.69, 9.17) is 9.84 Å². The third-order valence-corrected chi connectivity index (χ3v) is 2.07. The molecule has 0 amide bonds. The van der Waals surface area contributed by atoms with Crippen LogP contribution in [0, 0.1) is 0 Å². The SMILES string of the molecule is [13CH3]Oc1cccc(CC(O)CCO)c1. The fourth-order valence-corrected chi connectivity index (χ4v) is 1.32. The molecule has 0 saturated heterocycles. The summed E-state index contributed by atoms with van der Waals surface area (Å²) in [7, 11) is 1.61. The second-order valence-electron chi connectivity index (χ2n) is 3.22. The highest BCUT2D eigenvalue weighted by Crippen LogP contribution is 2.14. The van der Waals surface area contributed by atoms with E-state index in [-0.39, 0.29) is 6.61 Å². The van der Waals surface area contributed by atoms with Crippen LogP contribution in [0.4, 0.5) is 0 Å². The second kappa shape index (κ2) is 5.62. The van der Waals surface area contributed by atoms with Crippen LogP contribution in [0.2, 0.25) is 0 Å². The summed E-state index contributed by atoms with van der Waals surface area (Å²) in [6, 6.07) is 7.57. The van der Waals surface area contributed by atoms with Crippen LogP contribution in [0.3, 0.4) is 0 Å². The third-order valence-electron chi connectivity index (χ3n) is 2.07. The lowest BCUT2D eigenvalue weighted by atomic mass is 10.1. The molecule has 0 heterocycles. The Balaban J connectivity index is 2.57. The number of benzene rings is 1. The molecule has 0 aliphatic heterocycles. The molecule has 0 aromatic heterocycles. The third kappa shape index (κ3) is 3.36. The van der Waals surface area contributed by atoms with E-state index < -0.39 is 6.10 Å². The van der Waals surface area contributed by atoms with Gasteiger partial charge in [-0.15, -0.1) is 0 Å². The monoisotopic (exact) mass is 197 g/mol. The van der Waals surface area contributed by atoms with Gasteiger partial charge in [-0.2, -0.15) is 0 Å². The summed E-state index contributed by atoms with van der Waals surface area (Å²) in [6.45, 7) is 0.0190. The Labute approximate surface area is 84.0 Å². The van der Waals surface area contributed by atoms with E-state index in [0.717, 1.165) is 11.3 Å². The van der Waals surface area contributed by atoms with Crippen molar-refractivity contribution in [2.75, 3.05) is 13.7 Å². The number of aliphatic hydroxyl groups is 2. The molecule has 1 rings (SSSR count). The summed E-state index contributed by atoms with van der Waals surface area (Å²) in [5, 5.41) is 18.1. The Hall–Kier alpha value is -1.06. The van der Waals surface area contributed by atoms with Crippen molar-refractivity contribution in [3.05, 3.63) is 29.8 Å². The molecular formula is C11H16O3. The van der Waals surface area contributed by atoms with E-state index in [0.29, 0.717) is 12.8 Å². The first-order chi connectivity index (χ1) is 6.76. The van der Waals surface area contributed by atoms with Gasteiger partial charge >= 0.3 is 0 Å². The van der Waals surface area contributed by atoms with Crippen LogP contribution in [0.25, 0.3) is 0 Å². The zero-order valence-electron chi connectivity index (χ0n) is 8.31. The minimum absolute atomic E-state index is 0.0190. The minimum atomic E-state index is -0.480. The van der Waals surface area contributed by atoms with Gasteiger partial charge in [-0.25, -0.2) is 0 Å². The predicted octanol–water partition coefficient (Wildman–Crippen LogP) is 0.981. The molecule has 1 atom stereocenters. The normalized spacial score (nSPS) is 12.5. The van der Waals surface area contributed by atoms with Crippen LogP contribution in [-0.2, 0) is 6.42 Å². The first-order valence-electron chi connectivity index (χ1n) is 4.68. The Morgan fingerprint density at radius 2 is 2.21 bits per heavy atom. The summed E-state index contributed by atoms with van der Waals surface area (Å²) < 4.78 is 5.07. The smallest absolute Gasteiger partial charge is 0.119 e. The molecule has 0 fully saturated rings. The first-order valence-corrected chi connectivity index (χ1v) is 4.68. The van der Waals surface area contributed by atoms with Gasteiger partial charge in [0.1, 0.15) is 5.75 Å². The van der Waals surface area contributed by atoms with Crippen molar-refractivity contribution in [2.24, 2.45) is 0 Å². The fourth-order valence-electron chi connectivity index (χ4n) is 1.32. The molecule has 0 saturated carbocycles. The lowest BCUT2D eigenvalue weighted by Crippen LogP contribution is -2.12. The Bertz CT molecular complexity index is 273. The Morgan fingerprint density at radius 3 is 2.86 bits per heavy atom. The zero-order chi connectivity index (χ0) is 10.4. The predicted molar refractivity (Wildman–Crippen MR) is 54.4 cm³/mol. The molecule has 0 aliphatic carbocycles. The summed E-state index contributed by atoms with van der Waals surface area (Å²) in [5.41, 5.74) is 1.02. The summed E-state index contributed by atoms with van der Waals surface area (Å²) in [5.74, 6) is 0.790. The van der Waals surface area contributed by atoms with Gasteiger partial charge in [0.25, 0.3) is 0 Å². The number of aliphatic hydroxyl groups excluding tert-OH is 2. The molecular weight excluding hydrogens is 181 g/mol. The van der Waals surface area contributed by atoms with Gasteiger partial charge in [-0.3, -0.25) is 0 Å². The topological polar surface area (TPSA) is 49.7 Å². The highest BCUT2D eigenvalue weighted by atomic mass is 16.5. The molecule has 1 aromatic carbocycles. The van der Waals surface area contributed by atoms with E-state index in [1.54, 1.807) is 7.11 Å². The number of hydrogen-bond donors (Lipinski definition) is 2.